The molecule has 1 amide bonds. The van der Waals surface area contributed by atoms with Crippen molar-refractivity contribution in [3.63, 3.8) is 0 Å². The zero-order valence-electron chi connectivity index (χ0n) is 10.6. The average molecular weight is 319 g/mol. The predicted molar refractivity (Wildman–Crippen MR) is 85.0 cm³/mol. The highest BCUT2D eigenvalue weighted by atomic mass is 35.5. The van der Waals surface area contributed by atoms with Gasteiger partial charge in [-0.15, -0.1) is 0 Å². The van der Waals surface area contributed by atoms with Crippen LogP contribution in [0.2, 0.25) is 10.0 Å². The Labute approximate surface area is 128 Å². The van der Waals surface area contributed by atoms with Gasteiger partial charge in [0.1, 0.15) is 0 Å². The van der Waals surface area contributed by atoms with Gasteiger partial charge in [0.2, 0.25) is 5.91 Å². The number of carbonyl (C=O) groups excluding carboxylic acids is 1. The lowest BCUT2D eigenvalue weighted by Crippen LogP contribution is -2.33. The molecule has 0 aromatic heterocycles. The Bertz CT molecular complexity index is 466. The Morgan fingerprint density at radius 2 is 2.00 bits per heavy atom. The molecule has 2 N–H and O–H groups in total. The van der Waals surface area contributed by atoms with E-state index in [2.05, 4.69) is 17.6 Å². The molecule has 1 rings (SSSR count). The molecule has 0 radical (unpaired) electrons. The number of halogens is 2. The summed E-state index contributed by atoms with van der Waals surface area (Å²) in [5, 5.41) is 6.69. The van der Waals surface area contributed by atoms with Gasteiger partial charge in [-0.1, -0.05) is 43.0 Å². The summed E-state index contributed by atoms with van der Waals surface area (Å²) in [7, 11) is 0. The highest BCUT2D eigenvalue weighted by Gasteiger charge is 2.05. The lowest BCUT2D eigenvalue weighted by molar-refractivity contribution is -0.119. The predicted octanol–water partition coefficient (Wildman–Crippen LogP) is 4.39. The second-order valence-corrected chi connectivity index (χ2v) is 5.31. The maximum atomic E-state index is 11.6. The largest absolute Gasteiger partial charge is 0.332 e. The van der Waals surface area contributed by atoms with Crippen LogP contribution in [0.25, 0.3) is 0 Å². The first kappa shape index (κ1) is 16.2. The van der Waals surface area contributed by atoms with E-state index in [4.69, 9.17) is 35.4 Å². The molecule has 0 aliphatic carbocycles. The molecule has 104 valence electrons. The zero-order chi connectivity index (χ0) is 14.3. The number of thiocarbonyl (C=S) groups is 1. The Balaban J connectivity index is 2.42. The lowest BCUT2D eigenvalue weighted by atomic mass is 10.2. The van der Waals surface area contributed by atoms with Crippen LogP contribution >= 0.6 is 35.4 Å². The molecule has 0 spiro atoms. The van der Waals surface area contributed by atoms with Crippen molar-refractivity contribution in [2.75, 3.05) is 5.32 Å². The number of rotatable bonds is 5. The van der Waals surface area contributed by atoms with E-state index >= 15 is 0 Å². The second kappa shape index (κ2) is 8.35. The maximum Gasteiger partial charge on any atom is 0.226 e. The molecule has 6 heteroatoms. The van der Waals surface area contributed by atoms with Gasteiger partial charge in [0.05, 0.1) is 10.0 Å². The van der Waals surface area contributed by atoms with E-state index in [1.165, 1.54) is 0 Å². The minimum Gasteiger partial charge on any atom is -0.332 e. The fraction of sp³-hybridized carbons (Fsp3) is 0.385. The topological polar surface area (TPSA) is 41.1 Å². The standard InChI is InChI=1S/C13H16Cl2N2OS/c1-2-3-4-5-12(18)17-13(19)16-9-6-7-10(14)11(15)8-9/h6-8H,2-5H2,1H3,(H2,16,17,18,19). The van der Waals surface area contributed by atoms with Crippen LogP contribution in [0.15, 0.2) is 18.2 Å². The van der Waals surface area contributed by atoms with Crippen LogP contribution < -0.4 is 10.6 Å². The fourth-order valence-corrected chi connectivity index (χ4v) is 1.99. The molecule has 0 saturated carbocycles. The molecular formula is C13H16Cl2N2OS. The van der Waals surface area contributed by atoms with Crippen LogP contribution in [0.3, 0.4) is 0 Å². The number of carbonyl (C=O) groups is 1. The van der Waals surface area contributed by atoms with Crippen LogP contribution in [0, 0.1) is 0 Å². The molecular weight excluding hydrogens is 303 g/mol. The third-order valence-electron chi connectivity index (χ3n) is 2.44. The SMILES string of the molecule is CCCCCC(=O)NC(=S)Nc1ccc(Cl)c(Cl)c1. The first-order valence-electron chi connectivity index (χ1n) is 6.08. The van der Waals surface area contributed by atoms with E-state index in [1.54, 1.807) is 18.2 Å². The summed E-state index contributed by atoms with van der Waals surface area (Å²) < 4.78 is 0. The van der Waals surface area contributed by atoms with E-state index in [9.17, 15) is 4.79 Å². The lowest BCUT2D eigenvalue weighted by Gasteiger charge is -2.10. The maximum absolute atomic E-state index is 11.6. The Morgan fingerprint density at radius 3 is 2.63 bits per heavy atom. The molecule has 0 saturated heterocycles. The fourth-order valence-electron chi connectivity index (χ4n) is 1.46. The summed E-state index contributed by atoms with van der Waals surface area (Å²) in [5.41, 5.74) is 0.688. The smallest absolute Gasteiger partial charge is 0.226 e. The third-order valence-corrected chi connectivity index (χ3v) is 3.38. The van der Waals surface area contributed by atoms with Crippen molar-refractivity contribution in [1.29, 1.82) is 0 Å². The van der Waals surface area contributed by atoms with Gasteiger partial charge in [-0.2, -0.15) is 0 Å². The van der Waals surface area contributed by atoms with E-state index in [-0.39, 0.29) is 11.0 Å². The number of nitrogens with one attached hydrogen (secondary N) is 2. The van der Waals surface area contributed by atoms with Gasteiger partial charge in [0.15, 0.2) is 5.11 Å². The number of hydrogen-bond donors (Lipinski definition) is 2. The van der Waals surface area contributed by atoms with E-state index in [1.807, 2.05) is 0 Å². The summed E-state index contributed by atoms with van der Waals surface area (Å²) in [6, 6.07) is 5.06. The number of anilines is 1. The number of benzene rings is 1. The highest BCUT2D eigenvalue weighted by Crippen LogP contribution is 2.24. The summed E-state index contributed by atoms with van der Waals surface area (Å²) in [5.74, 6) is -0.0778. The average Bonchev–Trinajstić information content (AvgIpc) is 2.34. The quantitative estimate of drug-likeness (QED) is 0.625. The number of hydrogen-bond acceptors (Lipinski definition) is 2. The molecule has 1 aromatic rings. The molecule has 0 fully saturated rings. The minimum absolute atomic E-state index is 0.0778. The molecule has 0 heterocycles. The van der Waals surface area contributed by atoms with Crippen LogP contribution in [-0.2, 0) is 4.79 Å². The van der Waals surface area contributed by atoms with Crippen molar-refractivity contribution in [2.45, 2.75) is 32.6 Å². The van der Waals surface area contributed by atoms with Crippen molar-refractivity contribution in [3.05, 3.63) is 28.2 Å². The van der Waals surface area contributed by atoms with Crippen LogP contribution in [0.4, 0.5) is 5.69 Å². The van der Waals surface area contributed by atoms with Gasteiger partial charge in [0.25, 0.3) is 0 Å². The summed E-state index contributed by atoms with van der Waals surface area (Å²) >= 11 is 16.7. The van der Waals surface area contributed by atoms with Crippen LogP contribution in [0.5, 0.6) is 0 Å². The van der Waals surface area contributed by atoms with Crippen molar-refractivity contribution in [3.8, 4) is 0 Å². The summed E-state index contributed by atoms with van der Waals surface area (Å²) in [4.78, 5) is 11.6. The van der Waals surface area contributed by atoms with E-state index in [0.717, 1.165) is 19.3 Å². The molecule has 0 unspecified atom stereocenters. The van der Waals surface area contributed by atoms with Gasteiger partial charge in [-0.3, -0.25) is 4.79 Å². The van der Waals surface area contributed by atoms with Crippen LogP contribution in [-0.4, -0.2) is 11.0 Å². The number of amides is 1. The zero-order valence-corrected chi connectivity index (χ0v) is 13.0. The van der Waals surface area contributed by atoms with Crippen molar-refractivity contribution in [1.82, 2.24) is 5.32 Å². The minimum atomic E-state index is -0.0778. The summed E-state index contributed by atoms with van der Waals surface area (Å²) in [6.45, 7) is 2.09. The van der Waals surface area contributed by atoms with E-state index < -0.39 is 0 Å². The molecule has 1 aromatic carbocycles. The normalized spacial score (nSPS) is 10.1. The Morgan fingerprint density at radius 1 is 1.26 bits per heavy atom. The molecule has 3 nitrogen and oxygen atoms in total. The molecule has 0 aliphatic heterocycles. The van der Waals surface area contributed by atoms with Gasteiger partial charge < -0.3 is 10.6 Å². The van der Waals surface area contributed by atoms with Crippen LogP contribution in [0.1, 0.15) is 32.6 Å². The highest BCUT2D eigenvalue weighted by molar-refractivity contribution is 7.80. The Kier molecular flexibility index (Phi) is 7.13. The molecule has 0 bridgehead atoms. The van der Waals surface area contributed by atoms with Gasteiger partial charge in [-0.05, 0) is 36.8 Å². The van der Waals surface area contributed by atoms with Crippen molar-refractivity contribution < 1.29 is 4.79 Å². The molecule has 19 heavy (non-hydrogen) atoms. The third kappa shape index (κ3) is 6.23. The molecule has 0 atom stereocenters. The molecule has 0 aliphatic rings. The van der Waals surface area contributed by atoms with Crippen molar-refractivity contribution in [2.24, 2.45) is 0 Å². The first-order chi connectivity index (χ1) is 9.02. The Hall–Kier alpha value is -0.840. The monoisotopic (exact) mass is 318 g/mol. The van der Waals surface area contributed by atoms with Gasteiger partial charge in [-0.25, -0.2) is 0 Å². The van der Waals surface area contributed by atoms with Crippen molar-refractivity contribution >= 4 is 52.1 Å². The second-order valence-electron chi connectivity index (χ2n) is 4.09. The van der Waals surface area contributed by atoms with Gasteiger partial charge in [0, 0.05) is 12.1 Å². The summed E-state index contributed by atoms with van der Waals surface area (Å²) in [6.07, 6.45) is 3.48. The van der Waals surface area contributed by atoms with Gasteiger partial charge >= 0.3 is 0 Å². The number of unbranched alkanes of at least 4 members (excludes halogenated alkanes) is 2. The van der Waals surface area contributed by atoms with E-state index in [0.29, 0.717) is 22.2 Å². The first-order valence-corrected chi connectivity index (χ1v) is 7.25.